The first-order valence-electron chi connectivity index (χ1n) is 7.56. The third kappa shape index (κ3) is 2.90. The van der Waals surface area contributed by atoms with Gasteiger partial charge in [0.15, 0.2) is 5.75 Å². The summed E-state index contributed by atoms with van der Waals surface area (Å²) in [5, 5.41) is 0.719. The molecule has 0 N–H and O–H groups in total. The predicted molar refractivity (Wildman–Crippen MR) is 93.9 cm³/mol. The Bertz CT molecular complexity index is 1120. The van der Waals surface area contributed by atoms with Gasteiger partial charge in [-0.25, -0.2) is 15.0 Å². The Morgan fingerprint density at radius 1 is 1.08 bits per heavy atom. The van der Waals surface area contributed by atoms with Gasteiger partial charge in [0.2, 0.25) is 5.88 Å². The average molecular weight is 374 g/mol. The molecule has 0 unspecified atom stereocenters. The van der Waals surface area contributed by atoms with Crippen LogP contribution < -0.4 is 9.47 Å². The minimum atomic E-state index is -2.95. The SMILES string of the molecule is COc1cncc2nc(-c3cc(C)cc4nc(OC(F)F)cnc34)sc12. The molecule has 0 spiro atoms. The molecule has 3 aromatic heterocycles. The highest BCUT2D eigenvalue weighted by atomic mass is 32.1. The molecule has 0 saturated carbocycles. The smallest absolute Gasteiger partial charge is 0.388 e. The van der Waals surface area contributed by atoms with Crippen LogP contribution in [0.2, 0.25) is 0 Å². The molecule has 9 heteroatoms. The van der Waals surface area contributed by atoms with Gasteiger partial charge < -0.3 is 9.47 Å². The highest BCUT2D eigenvalue weighted by Gasteiger charge is 2.16. The zero-order valence-electron chi connectivity index (χ0n) is 13.7. The zero-order chi connectivity index (χ0) is 18.3. The van der Waals surface area contributed by atoms with Crippen LogP contribution in [0.15, 0.2) is 30.7 Å². The molecule has 26 heavy (non-hydrogen) atoms. The van der Waals surface area contributed by atoms with E-state index in [2.05, 4.69) is 24.7 Å². The molecular weight excluding hydrogens is 362 g/mol. The van der Waals surface area contributed by atoms with E-state index in [0.29, 0.717) is 22.3 Å². The molecule has 0 aliphatic rings. The maximum Gasteiger partial charge on any atom is 0.388 e. The zero-order valence-corrected chi connectivity index (χ0v) is 14.6. The molecule has 6 nitrogen and oxygen atoms in total. The van der Waals surface area contributed by atoms with E-state index in [-0.39, 0.29) is 5.88 Å². The van der Waals surface area contributed by atoms with Crippen LogP contribution in [0.25, 0.3) is 31.8 Å². The Labute approximate surface area is 150 Å². The number of benzene rings is 1. The maximum absolute atomic E-state index is 12.4. The Kier molecular flexibility index (Phi) is 4.08. The van der Waals surface area contributed by atoms with Crippen LogP contribution in [0, 0.1) is 6.92 Å². The van der Waals surface area contributed by atoms with Gasteiger partial charge in [-0.05, 0) is 24.6 Å². The number of pyridine rings is 1. The van der Waals surface area contributed by atoms with Crippen molar-refractivity contribution in [2.45, 2.75) is 13.5 Å². The molecule has 0 fully saturated rings. The summed E-state index contributed by atoms with van der Waals surface area (Å²) < 4.78 is 35.4. The predicted octanol–water partition coefficient (Wildman–Crippen LogP) is 4.22. The van der Waals surface area contributed by atoms with Crippen molar-refractivity contribution in [1.82, 2.24) is 19.9 Å². The van der Waals surface area contributed by atoms with Gasteiger partial charge in [-0.3, -0.25) is 4.98 Å². The van der Waals surface area contributed by atoms with Gasteiger partial charge in [-0.2, -0.15) is 8.78 Å². The van der Waals surface area contributed by atoms with Crippen molar-refractivity contribution in [3.63, 3.8) is 0 Å². The highest BCUT2D eigenvalue weighted by Crippen LogP contribution is 2.37. The lowest BCUT2D eigenvalue weighted by Crippen LogP contribution is -2.04. The fraction of sp³-hybridized carbons (Fsp3) is 0.176. The van der Waals surface area contributed by atoms with Crippen LogP contribution in [0.3, 0.4) is 0 Å². The van der Waals surface area contributed by atoms with E-state index < -0.39 is 6.61 Å². The summed E-state index contributed by atoms with van der Waals surface area (Å²) in [5.74, 6) is 0.418. The van der Waals surface area contributed by atoms with Crippen molar-refractivity contribution in [3.8, 4) is 22.2 Å². The van der Waals surface area contributed by atoms with E-state index in [9.17, 15) is 8.78 Å². The van der Waals surface area contributed by atoms with Crippen LogP contribution in [-0.4, -0.2) is 33.7 Å². The number of nitrogens with zero attached hydrogens (tertiary/aromatic N) is 4. The molecule has 0 atom stereocenters. The summed E-state index contributed by atoms with van der Waals surface area (Å²) in [7, 11) is 1.58. The Morgan fingerprint density at radius 3 is 2.69 bits per heavy atom. The van der Waals surface area contributed by atoms with Gasteiger partial charge in [0, 0.05) is 5.56 Å². The highest BCUT2D eigenvalue weighted by molar-refractivity contribution is 7.22. The molecule has 0 aliphatic carbocycles. The molecule has 4 aromatic rings. The number of rotatable bonds is 4. The lowest BCUT2D eigenvalue weighted by atomic mass is 10.1. The largest absolute Gasteiger partial charge is 0.494 e. The number of alkyl halides is 2. The van der Waals surface area contributed by atoms with Crippen LogP contribution in [-0.2, 0) is 0 Å². The second-order valence-corrected chi connectivity index (χ2v) is 6.48. The van der Waals surface area contributed by atoms with Crippen LogP contribution in [0.1, 0.15) is 5.56 Å². The minimum absolute atomic E-state index is 0.223. The molecule has 0 radical (unpaired) electrons. The van der Waals surface area contributed by atoms with Crippen molar-refractivity contribution < 1.29 is 18.3 Å². The van der Waals surface area contributed by atoms with Crippen molar-refractivity contribution in [1.29, 1.82) is 0 Å². The van der Waals surface area contributed by atoms with Gasteiger partial charge >= 0.3 is 6.61 Å². The number of halogens is 2. The Morgan fingerprint density at radius 2 is 1.92 bits per heavy atom. The molecule has 0 aliphatic heterocycles. The molecule has 1 aromatic carbocycles. The lowest BCUT2D eigenvalue weighted by Gasteiger charge is -2.07. The average Bonchev–Trinajstić information content (AvgIpc) is 3.04. The van der Waals surface area contributed by atoms with Crippen molar-refractivity contribution in [2.24, 2.45) is 0 Å². The van der Waals surface area contributed by atoms with Crippen molar-refractivity contribution in [2.75, 3.05) is 7.11 Å². The molecule has 4 rings (SSSR count). The van der Waals surface area contributed by atoms with E-state index in [1.165, 1.54) is 17.5 Å². The van der Waals surface area contributed by atoms with E-state index in [0.717, 1.165) is 20.8 Å². The summed E-state index contributed by atoms with van der Waals surface area (Å²) in [5.41, 5.74) is 3.40. The monoisotopic (exact) mass is 374 g/mol. The molecule has 3 heterocycles. The molecule has 132 valence electrons. The standard InChI is InChI=1S/C17H12F2N4O2S/c1-8-3-9(14-10(4-8)22-13(7-21-14)25-17(18)19)16-23-11-5-20-6-12(24-2)15(11)26-16/h3-7,17H,1-2H3. The first-order valence-corrected chi connectivity index (χ1v) is 8.38. The fourth-order valence-corrected chi connectivity index (χ4v) is 3.69. The number of fused-ring (bicyclic) bond motifs is 2. The van der Waals surface area contributed by atoms with Gasteiger partial charge in [0.1, 0.15) is 15.2 Å². The molecule has 0 saturated heterocycles. The summed E-state index contributed by atoms with van der Waals surface area (Å²) in [6.07, 6.45) is 4.48. The maximum atomic E-state index is 12.4. The van der Waals surface area contributed by atoms with E-state index in [4.69, 9.17) is 4.74 Å². The number of ether oxygens (including phenoxy) is 2. The van der Waals surface area contributed by atoms with Gasteiger partial charge in [-0.15, -0.1) is 11.3 Å². The number of methoxy groups -OCH3 is 1. The van der Waals surface area contributed by atoms with Gasteiger partial charge in [0.05, 0.1) is 36.7 Å². The Hall–Kier alpha value is -2.94. The van der Waals surface area contributed by atoms with Gasteiger partial charge in [-0.1, -0.05) is 0 Å². The number of hydrogen-bond acceptors (Lipinski definition) is 7. The summed E-state index contributed by atoms with van der Waals surface area (Å²) in [4.78, 5) is 17.1. The number of thiazole rings is 1. The topological polar surface area (TPSA) is 70.0 Å². The lowest BCUT2D eigenvalue weighted by molar-refractivity contribution is -0.0528. The molecule has 0 bridgehead atoms. The second kappa shape index (κ2) is 6.41. The van der Waals surface area contributed by atoms with Crippen molar-refractivity contribution >= 4 is 32.6 Å². The van der Waals surface area contributed by atoms with Gasteiger partial charge in [0.25, 0.3) is 0 Å². The normalized spacial score (nSPS) is 11.4. The van der Waals surface area contributed by atoms with E-state index >= 15 is 0 Å². The number of aryl methyl sites for hydroxylation is 1. The fourth-order valence-electron chi connectivity index (χ4n) is 2.65. The number of aromatic nitrogens is 4. The first-order chi connectivity index (χ1) is 12.5. The minimum Gasteiger partial charge on any atom is -0.494 e. The number of hydrogen-bond donors (Lipinski definition) is 0. The summed E-state index contributed by atoms with van der Waals surface area (Å²) in [6, 6.07) is 3.70. The second-order valence-electron chi connectivity index (χ2n) is 5.48. The summed E-state index contributed by atoms with van der Waals surface area (Å²) in [6.45, 7) is -1.06. The van der Waals surface area contributed by atoms with Crippen molar-refractivity contribution in [3.05, 3.63) is 36.3 Å². The third-order valence-corrected chi connectivity index (χ3v) is 4.81. The van der Waals surface area contributed by atoms with E-state index in [1.807, 2.05) is 13.0 Å². The quantitative estimate of drug-likeness (QED) is 0.533. The molecular formula is C17H12F2N4O2S. The first kappa shape index (κ1) is 16.5. The van der Waals surface area contributed by atoms with Crippen LogP contribution in [0.5, 0.6) is 11.6 Å². The Balaban J connectivity index is 1.91. The van der Waals surface area contributed by atoms with E-state index in [1.54, 1.807) is 25.6 Å². The van der Waals surface area contributed by atoms with Crippen LogP contribution in [0.4, 0.5) is 8.78 Å². The van der Waals surface area contributed by atoms with Crippen LogP contribution >= 0.6 is 11.3 Å². The molecule has 0 amide bonds. The summed E-state index contributed by atoms with van der Waals surface area (Å²) >= 11 is 1.44. The third-order valence-electron chi connectivity index (χ3n) is 3.69.